The molecule has 0 radical (unpaired) electrons. The van der Waals surface area contributed by atoms with Gasteiger partial charge >= 0.3 is 5.97 Å². The predicted molar refractivity (Wildman–Crippen MR) is 76.4 cm³/mol. The van der Waals surface area contributed by atoms with Crippen LogP contribution < -0.4 is 5.32 Å². The van der Waals surface area contributed by atoms with E-state index in [1.165, 1.54) is 12.8 Å². The molecule has 2 rings (SSSR count). The van der Waals surface area contributed by atoms with E-state index in [0.29, 0.717) is 25.4 Å². The number of carbonyl (C=O) groups is 2. The van der Waals surface area contributed by atoms with Gasteiger partial charge < -0.3 is 10.4 Å². The lowest BCUT2D eigenvalue weighted by Crippen LogP contribution is -2.53. The molecule has 0 bridgehead atoms. The Hall–Kier alpha value is -1.10. The predicted octanol–water partition coefficient (Wildman–Crippen LogP) is 1.62. The molecular weight excluding hydrogens is 256 g/mol. The van der Waals surface area contributed by atoms with Gasteiger partial charge in [0.15, 0.2) is 0 Å². The molecule has 114 valence electrons. The zero-order valence-corrected chi connectivity index (χ0v) is 12.5. The number of aliphatic carboxylic acids is 1. The second kappa shape index (κ2) is 6.57. The van der Waals surface area contributed by atoms with Crippen LogP contribution >= 0.6 is 0 Å². The first-order valence-corrected chi connectivity index (χ1v) is 7.78. The van der Waals surface area contributed by atoms with Crippen LogP contribution in [0.3, 0.4) is 0 Å². The molecular formula is C15H26N2O3. The lowest BCUT2D eigenvalue weighted by atomic mass is 9.90. The van der Waals surface area contributed by atoms with E-state index in [0.717, 1.165) is 12.8 Å². The van der Waals surface area contributed by atoms with Crippen molar-refractivity contribution in [1.29, 1.82) is 0 Å². The number of nitrogens with one attached hydrogen (secondary N) is 1. The molecule has 1 amide bonds. The summed E-state index contributed by atoms with van der Waals surface area (Å²) in [6.07, 6.45) is 5.88. The summed E-state index contributed by atoms with van der Waals surface area (Å²) in [6.45, 7) is 4.65. The number of carbonyl (C=O) groups excluding carboxylic acids is 1. The van der Waals surface area contributed by atoms with E-state index in [-0.39, 0.29) is 23.9 Å². The number of carboxylic acid groups (broad SMARTS) is 1. The van der Waals surface area contributed by atoms with Crippen LogP contribution in [0.5, 0.6) is 0 Å². The highest BCUT2D eigenvalue weighted by molar-refractivity contribution is 5.81. The van der Waals surface area contributed by atoms with Crippen molar-refractivity contribution in [3.63, 3.8) is 0 Å². The maximum absolute atomic E-state index is 12.3. The first-order valence-electron chi connectivity index (χ1n) is 7.78. The number of rotatable bonds is 4. The van der Waals surface area contributed by atoms with E-state index in [9.17, 15) is 9.59 Å². The van der Waals surface area contributed by atoms with Gasteiger partial charge in [0, 0.05) is 18.6 Å². The van der Waals surface area contributed by atoms with E-state index >= 15 is 0 Å². The fraction of sp³-hybridized carbons (Fsp3) is 0.867. The molecule has 5 nitrogen and oxygen atoms in total. The third-order valence-electron chi connectivity index (χ3n) is 4.86. The molecule has 0 aromatic rings. The van der Waals surface area contributed by atoms with Crippen LogP contribution in [0.2, 0.25) is 0 Å². The van der Waals surface area contributed by atoms with Gasteiger partial charge in [0.05, 0.1) is 12.0 Å². The summed E-state index contributed by atoms with van der Waals surface area (Å²) < 4.78 is 0. The number of piperidine rings is 1. The van der Waals surface area contributed by atoms with E-state index in [4.69, 9.17) is 5.11 Å². The van der Waals surface area contributed by atoms with E-state index in [1.54, 1.807) is 0 Å². The van der Waals surface area contributed by atoms with Gasteiger partial charge in [0.25, 0.3) is 0 Å². The van der Waals surface area contributed by atoms with Crippen LogP contribution in [-0.4, -0.2) is 46.6 Å². The Morgan fingerprint density at radius 3 is 2.45 bits per heavy atom. The van der Waals surface area contributed by atoms with Crippen molar-refractivity contribution >= 4 is 11.9 Å². The minimum Gasteiger partial charge on any atom is -0.481 e. The SMILES string of the molecule is CC1CC(C(=O)O)CCN1C(C)C(=O)NC1CCCC1. The second-order valence-electron chi connectivity index (χ2n) is 6.31. The van der Waals surface area contributed by atoms with Gasteiger partial charge in [-0.05, 0) is 39.5 Å². The molecule has 1 heterocycles. The molecule has 2 fully saturated rings. The highest BCUT2D eigenvalue weighted by Crippen LogP contribution is 2.25. The smallest absolute Gasteiger partial charge is 0.306 e. The Labute approximate surface area is 120 Å². The van der Waals surface area contributed by atoms with Crippen molar-refractivity contribution in [2.45, 2.75) is 70.5 Å². The van der Waals surface area contributed by atoms with E-state index in [1.807, 2.05) is 13.8 Å². The third-order valence-corrected chi connectivity index (χ3v) is 4.86. The van der Waals surface area contributed by atoms with Gasteiger partial charge in [-0.3, -0.25) is 14.5 Å². The lowest BCUT2D eigenvalue weighted by Gasteiger charge is -2.39. The first-order chi connectivity index (χ1) is 9.49. The summed E-state index contributed by atoms with van der Waals surface area (Å²) in [4.78, 5) is 25.5. The van der Waals surface area contributed by atoms with Gasteiger partial charge in [-0.1, -0.05) is 12.8 Å². The largest absolute Gasteiger partial charge is 0.481 e. The molecule has 1 aliphatic heterocycles. The molecule has 2 N–H and O–H groups in total. The van der Waals surface area contributed by atoms with Crippen LogP contribution in [0.15, 0.2) is 0 Å². The standard InChI is InChI=1S/C15H26N2O3/c1-10-9-12(15(19)20)7-8-17(10)11(2)14(18)16-13-5-3-4-6-13/h10-13H,3-9H2,1-2H3,(H,16,18)(H,19,20). The summed E-state index contributed by atoms with van der Waals surface area (Å²) in [5, 5.41) is 12.2. The summed E-state index contributed by atoms with van der Waals surface area (Å²) in [6, 6.07) is 0.325. The maximum atomic E-state index is 12.3. The molecule has 0 aromatic heterocycles. The number of amides is 1. The number of likely N-dealkylation sites (tertiary alicyclic amines) is 1. The Morgan fingerprint density at radius 1 is 1.25 bits per heavy atom. The maximum Gasteiger partial charge on any atom is 0.306 e. The average Bonchev–Trinajstić information content (AvgIpc) is 2.90. The minimum atomic E-state index is -0.709. The summed E-state index contributed by atoms with van der Waals surface area (Å²) in [7, 11) is 0. The third kappa shape index (κ3) is 3.51. The summed E-state index contributed by atoms with van der Waals surface area (Å²) in [5.41, 5.74) is 0. The average molecular weight is 282 g/mol. The molecule has 1 saturated heterocycles. The summed E-state index contributed by atoms with van der Waals surface area (Å²) in [5.74, 6) is -0.872. The van der Waals surface area contributed by atoms with Crippen LogP contribution in [0, 0.1) is 5.92 Å². The molecule has 2 aliphatic rings. The van der Waals surface area contributed by atoms with Gasteiger partial charge in [0.1, 0.15) is 0 Å². The minimum absolute atomic E-state index is 0.0949. The summed E-state index contributed by atoms with van der Waals surface area (Å²) >= 11 is 0. The second-order valence-corrected chi connectivity index (χ2v) is 6.31. The molecule has 20 heavy (non-hydrogen) atoms. The van der Waals surface area contributed by atoms with E-state index in [2.05, 4.69) is 10.2 Å². The fourth-order valence-corrected chi connectivity index (χ4v) is 3.53. The molecule has 0 aromatic carbocycles. The molecule has 0 spiro atoms. The number of nitrogens with zero attached hydrogens (tertiary/aromatic N) is 1. The Balaban J connectivity index is 1.86. The topological polar surface area (TPSA) is 69.6 Å². The van der Waals surface area contributed by atoms with Crippen LogP contribution in [-0.2, 0) is 9.59 Å². The molecule has 5 heteroatoms. The van der Waals surface area contributed by atoms with Gasteiger partial charge in [-0.15, -0.1) is 0 Å². The van der Waals surface area contributed by atoms with Crippen molar-refractivity contribution in [3.8, 4) is 0 Å². The first kappa shape index (κ1) is 15.3. The quantitative estimate of drug-likeness (QED) is 0.822. The Bertz CT molecular complexity index is 366. The van der Waals surface area contributed by atoms with Crippen LogP contribution in [0.25, 0.3) is 0 Å². The van der Waals surface area contributed by atoms with Crippen LogP contribution in [0.4, 0.5) is 0 Å². The lowest BCUT2D eigenvalue weighted by molar-refractivity contribution is -0.144. The Morgan fingerprint density at radius 2 is 1.90 bits per heavy atom. The Kier molecular flexibility index (Phi) is 5.02. The molecule has 3 unspecified atom stereocenters. The van der Waals surface area contributed by atoms with E-state index < -0.39 is 5.97 Å². The van der Waals surface area contributed by atoms with Crippen molar-refractivity contribution in [2.75, 3.05) is 6.54 Å². The molecule has 1 aliphatic carbocycles. The van der Waals surface area contributed by atoms with Crippen molar-refractivity contribution in [1.82, 2.24) is 10.2 Å². The van der Waals surface area contributed by atoms with Crippen molar-refractivity contribution < 1.29 is 14.7 Å². The van der Waals surface area contributed by atoms with Gasteiger partial charge in [-0.25, -0.2) is 0 Å². The van der Waals surface area contributed by atoms with Gasteiger partial charge in [-0.2, -0.15) is 0 Å². The number of carboxylic acids is 1. The zero-order chi connectivity index (χ0) is 14.7. The highest BCUT2D eigenvalue weighted by atomic mass is 16.4. The molecule has 3 atom stereocenters. The normalized spacial score (nSPS) is 30.1. The van der Waals surface area contributed by atoms with Crippen LogP contribution in [0.1, 0.15) is 52.4 Å². The van der Waals surface area contributed by atoms with Crippen molar-refractivity contribution in [3.05, 3.63) is 0 Å². The highest BCUT2D eigenvalue weighted by Gasteiger charge is 2.34. The monoisotopic (exact) mass is 282 g/mol. The number of hydrogen-bond acceptors (Lipinski definition) is 3. The number of hydrogen-bond donors (Lipinski definition) is 2. The molecule has 1 saturated carbocycles. The van der Waals surface area contributed by atoms with Gasteiger partial charge in [0.2, 0.25) is 5.91 Å². The fourth-order valence-electron chi connectivity index (χ4n) is 3.53. The zero-order valence-electron chi connectivity index (χ0n) is 12.5. The van der Waals surface area contributed by atoms with Crippen molar-refractivity contribution in [2.24, 2.45) is 5.92 Å².